The van der Waals surface area contributed by atoms with Crippen LogP contribution in [0.25, 0.3) is 0 Å². The van der Waals surface area contributed by atoms with Gasteiger partial charge in [-0.05, 0) is 30.7 Å². The molecule has 1 amide bonds. The highest BCUT2D eigenvalue weighted by molar-refractivity contribution is 5.84. The zero-order valence-corrected chi connectivity index (χ0v) is 11.7. The molecule has 1 aromatic rings. The Bertz CT molecular complexity index is 417. The number of amides is 1. The van der Waals surface area contributed by atoms with Gasteiger partial charge >= 0.3 is 0 Å². The van der Waals surface area contributed by atoms with Crippen molar-refractivity contribution in [3.05, 3.63) is 24.3 Å². The molecule has 1 aromatic carbocycles. The van der Waals surface area contributed by atoms with Gasteiger partial charge in [0, 0.05) is 0 Å². The van der Waals surface area contributed by atoms with Gasteiger partial charge < -0.3 is 4.74 Å². The predicted molar refractivity (Wildman–Crippen MR) is 76.1 cm³/mol. The number of benzene rings is 1. The second-order valence-electron chi connectivity index (χ2n) is 4.98. The van der Waals surface area contributed by atoms with E-state index in [1.165, 1.54) is 12.8 Å². The van der Waals surface area contributed by atoms with Crippen LogP contribution < -0.4 is 15.2 Å². The molecule has 0 bridgehead atoms. The van der Waals surface area contributed by atoms with E-state index in [1.54, 1.807) is 7.11 Å². The van der Waals surface area contributed by atoms with Crippen LogP contribution in [-0.2, 0) is 4.79 Å². The first kappa shape index (κ1) is 13.7. The molecule has 1 atom stereocenters. The van der Waals surface area contributed by atoms with Gasteiger partial charge in [0.2, 0.25) is 5.91 Å². The summed E-state index contributed by atoms with van der Waals surface area (Å²) in [7, 11) is 1.65. The zero-order chi connectivity index (χ0) is 13.7. The molecule has 1 aliphatic rings. The van der Waals surface area contributed by atoms with E-state index < -0.39 is 0 Å². The van der Waals surface area contributed by atoms with E-state index in [2.05, 4.69) is 12.3 Å². The molecule has 1 fully saturated rings. The van der Waals surface area contributed by atoms with E-state index >= 15 is 0 Å². The fourth-order valence-corrected chi connectivity index (χ4v) is 2.37. The quantitative estimate of drug-likeness (QED) is 0.801. The molecule has 4 nitrogen and oxygen atoms in total. The summed E-state index contributed by atoms with van der Waals surface area (Å²) in [6, 6.07) is 7.75. The molecule has 19 heavy (non-hydrogen) atoms. The molecule has 0 saturated carbocycles. The zero-order valence-electron chi connectivity index (χ0n) is 11.7. The minimum Gasteiger partial charge on any atom is -0.497 e. The van der Waals surface area contributed by atoms with Crippen LogP contribution in [0.4, 0.5) is 5.69 Å². The predicted octanol–water partition coefficient (Wildman–Crippen LogP) is 2.74. The molecule has 0 radical (unpaired) electrons. The Balaban J connectivity index is 1.93. The number of nitrogens with zero attached hydrogens (tertiary/aromatic N) is 1. The Kier molecular flexibility index (Phi) is 4.66. The number of carbonyl (C=O) groups is 1. The molecule has 1 unspecified atom stereocenters. The molecule has 0 spiro atoms. The average molecular weight is 262 g/mol. The van der Waals surface area contributed by atoms with Gasteiger partial charge in [0.25, 0.3) is 0 Å². The van der Waals surface area contributed by atoms with Gasteiger partial charge in [-0.25, -0.2) is 0 Å². The summed E-state index contributed by atoms with van der Waals surface area (Å²) < 4.78 is 5.13. The maximum atomic E-state index is 11.9. The SMILES string of the molecule is CCCCCC1CN(c2ccc(OC)cc2)NC1=O. The van der Waals surface area contributed by atoms with Crippen molar-refractivity contribution >= 4 is 11.6 Å². The molecular weight excluding hydrogens is 240 g/mol. The highest BCUT2D eigenvalue weighted by atomic mass is 16.5. The number of hydrogen-bond donors (Lipinski definition) is 1. The normalized spacial score (nSPS) is 18.5. The van der Waals surface area contributed by atoms with Gasteiger partial charge in [-0.15, -0.1) is 0 Å². The van der Waals surface area contributed by atoms with E-state index in [1.807, 2.05) is 29.3 Å². The molecule has 1 saturated heterocycles. The van der Waals surface area contributed by atoms with Crippen LogP contribution >= 0.6 is 0 Å². The van der Waals surface area contributed by atoms with Crippen LogP contribution in [-0.4, -0.2) is 19.6 Å². The lowest BCUT2D eigenvalue weighted by molar-refractivity contribution is -0.122. The Morgan fingerprint density at radius 2 is 2.05 bits per heavy atom. The summed E-state index contributed by atoms with van der Waals surface area (Å²) in [6.07, 6.45) is 4.50. The van der Waals surface area contributed by atoms with E-state index in [0.717, 1.165) is 30.8 Å². The molecule has 1 N–H and O–H groups in total. The molecule has 1 heterocycles. The monoisotopic (exact) mass is 262 g/mol. The number of rotatable bonds is 6. The van der Waals surface area contributed by atoms with Crippen molar-refractivity contribution in [3.63, 3.8) is 0 Å². The lowest BCUT2D eigenvalue weighted by Crippen LogP contribution is -2.32. The highest BCUT2D eigenvalue weighted by Crippen LogP contribution is 2.24. The summed E-state index contributed by atoms with van der Waals surface area (Å²) in [4.78, 5) is 11.9. The van der Waals surface area contributed by atoms with Crippen molar-refractivity contribution in [1.82, 2.24) is 5.43 Å². The van der Waals surface area contributed by atoms with Crippen LogP contribution in [0.2, 0.25) is 0 Å². The van der Waals surface area contributed by atoms with Crippen LogP contribution in [0.1, 0.15) is 32.6 Å². The van der Waals surface area contributed by atoms with Crippen LogP contribution in [0.3, 0.4) is 0 Å². The maximum Gasteiger partial charge on any atom is 0.243 e. The van der Waals surface area contributed by atoms with Crippen molar-refractivity contribution < 1.29 is 9.53 Å². The molecule has 0 aromatic heterocycles. The number of hydrazine groups is 1. The van der Waals surface area contributed by atoms with Crippen LogP contribution in [0.15, 0.2) is 24.3 Å². The first-order valence-electron chi connectivity index (χ1n) is 6.96. The third-order valence-electron chi connectivity index (χ3n) is 3.56. The number of ether oxygens (including phenoxy) is 1. The smallest absolute Gasteiger partial charge is 0.243 e. The van der Waals surface area contributed by atoms with Crippen molar-refractivity contribution in [1.29, 1.82) is 0 Å². The summed E-state index contributed by atoms with van der Waals surface area (Å²) >= 11 is 0. The first-order valence-corrected chi connectivity index (χ1v) is 6.96. The number of unbranched alkanes of at least 4 members (excludes halogenated alkanes) is 2. The molecule has 4 heteroatoms. The Labute approximate surface area is 114 Å². The molecule has 1 aliphatic heterocycles. The number of anilines is 1. The topological polar surface area (TPSA) is 41.6 Å². The number of nitrogens with one attached hydrogen (secondary N) is 1. The van der Waals surface area contributed by atoms with Crippen molar-refractivity contribution in [2.24, 2.45) is 5.92 Å². The van der Waals surface area contributed by atoms with Gasteiger partial charge in [-0.3, -0.25) is 15.2 Å². The lowest BCUT2D eigenvalue weighted by Gasteiger charge is -2.17. The second kappa shape index (κ2) is 6.45. The molecular formula is C15H22N2O2. The second-order valence-corrected chi connectivity index (χ2v) is 4.98. The van der Waals surface area contributed by atoms with Crippen molar-refractivity contribution in [2.45, 2.75) is 32.6 Å². The largest absolute Gasteiger partial charge is 0.497 e. The lowest BCUT2D eigenvalue weighted by atomic mass is 10.0. The summed E-state index contributed by atoms with van der Waals surface area (Å²) in [5.41, 5.74) is 3.94. The van der Waals surface area contributed by atoms with Crippen molar-refractivity contribution in [3.8, 4) is 5.75 Å². The third-order valence-corrected chi connectivity index (χ3v) is 3.56. The van der Waals surface area contributed by atoms with Gasteiger partial charge in [-0.1, -0.05) is 26.2 Å². The third kappa shape index (κ3) is 3.40. The molecule has 2 rings (SSSR count). The summed E-state index contributed by atoms with van der Waals surface area (Å²) in [6.45, 7) is 2.94. The van der Waals surface area contributed by atoms with Gasteiger partial charge in [0.05, 0.1) is 25.3 Å². The molecule has 0 aliphatic carbocycles. The number of carbonyl (C=O) groups excluding carboxylic acids is 1. The van der Waals surface area contributed by atoms with E-state index in [-0.39, 0.29) is 11.8 Å². The summed E-state index contributed by atoms with van der Waals surface area (Å²) in [5.74, 6) is 1.09. The van der Waals surface area contributed by atoms with Crippen molar-refractivity contribution in [2.75, 3.05) is 18.7 Å². The van der Waals surface area contributed by atoms with E-state index in [4.69, 9.17) is 4.74 Å². The summed E-state index contributed by atoms with van der Waals surface area (Å²) in [5, 5.41) is 1.93. The van der Waals surface area contributed by atoms with Gasteiger partial charge in [0.1, 0.15) is 5.75 Å². The standard InChI is InChI=1S/C15H22N2O2/c1-3-4-5-6-12-11-17(16-15(12)18)13-7-9-14(19-2)10-8-13/h7-10,12H,3-6,11H2,1-2H3,(H,16,18). The minimum absolute atomic E-state index is 0.119. The molecule has 104 valence electrons. The Hall–Kier alpha value is -1.71. The van der Waals surface area contributed by atoms with Crippen LogP contribution in [0.5, 0.6) is 5.75 Å². The fraction of sp³-hybridized carbons (Fsp3) is 0.533. The fourth-order valence-electron chi connectivity index (χ4n) is 2.37. The average Bonchev–Trinajstić information content (AvgIpc) is 2.81. The first-order chi connectivity index (χ1) is 9.24. The Morgan fingerprint density at radius 1 is 1.32 bits per heavy atom. The van der Waals surface area contributed by atoms with Gasteiger partial charge in [0.15, 0.2) is 0 Å². The Morgan fingerprint density at radius 3 is 2.68 bits per heavy atom. The van der Waals surface area contributed by atoms with Crippen LogP contribution in [0, 0.1) is 5.92 Å². The maximum absolute atomic E-state index is 11.9. The highest BCUT2D eigenvalue weighted by Gasteiger charge is 2.29. The van der Waals surface area contributed by atoms with E-state index in [9.17, 15) is 4.79 Å². The van der Waals surface area contributed by atoms with Gasteiger partial charge in [-0.2, -0.15) is 0 Å². The number of hydrogen-bond acceptors (Lipinski definition) is 3. The minimum atomic E-state index is 0.119. The van der Waals surface area contributed by atoms with E-state index in [0.29, 0.717) is 0 Å². The number of methoxy groups -OCH3 is 1.